The van der Waals surface area contributed by atoms with Crippen molar-refractivity contribution >= 4 is 0 Å². The number of aryl methyl sites for hydroxylation is 1. The quantitative estimate of drug-likeness (QED) is 0.845. The van der Waals surface area contributed by atoms with Gasteiger partial charge in [-0.1, -0.05) is 12.1 Å². The molecule has 17 heavy (non-hydrogen) atoms. The monoisotopic (exact) mass is 231 g/mol. The fourth-order valence-corrected chi connectivity index (χ4v) is 2.45. The van der Waals surface area contributed by atoms with E-state index in [1.54, 1.807) is 7.11 Å². The summed E-state index contributed by atoms with van der Waals surface area (Å²) in [6.45, 7) is 0. The molecule has 0 bridgehead atoms. The van der Waals surface area contributed by atoms with E-state index in [1.807, 2.05) is 0 Å². The maximum atomic E-state index is 6.12. The zero-order valence-electron chi connectivity index (χ0n) is 10.5. The zero-order chi connectivity index (χ0) is 11.9. The number of methoxy groups -OCH3 is 1. The number of hydrogen-bond donors (Lipinski definition) is 1. The molecule has 1 aromatic rings. The first-order chi connectivity index (χ1) is 8.20. The van der Waals surface area contributed by atoms with E-state index in [0.717, 1.165) is 24.5 Å². The van der Waals surface area contributed by atoms with Crippen molar-refractivity contribution in [1.82, 2.24) is 0 Å². The normalized spacial score (nSPS) is 21.3. The molecule has 2 nitrogen and oxygen atoms in total. The van der Waals surface area contributed by atoms with Crippen molar-refractivity contribution in [2.24, 2.45) is 5.73 Å². The molecule has 3 rings (SSSR count). The first-order valence-electron chi connectivity index (χ1n) is 6.66. The van der Waals surface area contributed by atoms with Gasteiger partial charge in [-0.3, -0.25) is 0 Å². The Bertz CT molecular complexity index is 419. The Balaban J connectivity index is 1.71. The summed E-state index contributed by atoms with van der Waals surface area (Å²) < 4.78 is 5.50. The van der Waals surface area contributed by atoms with E-state index in [0.29, 0.717) is 0 Å². The van der Waals surface area contributed by atoms with Crippen molar-refractivity contribution in [3.05, 3.63) is 29.3 Å². The molecule has 0 saturated heterocycles. The molecule has 92 valence electrons. The summed E-state index contributed by atoms with van der Waals surface area (Å²) in [6, 6.07) is 6.71. The van der Waals surface area contributed by atoms with Gasteiger partial charge in [-0.15, -0.1) is 0 Å². The van der Waals surface area contributed by atoms with Gasteiger partial charge in [-0.25, -0.2) is 0 Å². The van der Waals surface area contributed by atoms with Crippen molar-refractivity contribution in [2.45, 2.75) is 50.0 Å². The first kappa shape index (κ1) is 11.1. The molecule has 2 fully saturated rings. The van der Waals surface area contributed by atoms with Crippen LogP contribution in [0.5, 0.6) is 5.75 Å². The van der Waals surface area contributed by atoms with Crippen LogP contribution in [0.15, 0.2) is 18.2 Å². The highest BCUT2D eigenvalue weighted by Gasteiger charge is 2.37. The molecule has 1 aromatic carbocycles. The van der Waals surface area contributed by atoms with Gasteiger partial charge >= 0.3 is 0 Å². The smallest absolute Gasteiger partial charge is 0.122 e. The van der Waals surface area contributed by atoms with Crippen LogP contribution in [0.4, 0.5) is 0 Å². The standard InChI is InChI=1S/C15H21NO/c1-17-14-10-11(6-7-15(16)8-9-15)2-5-13(14)12-3-4-12/h2,5,10,12H,3-4,6-9,16H2,1H3. The van der Waals surface area contributed by atoms with E-state index < -0.39 is 0 Å². The lowest BCUT2D eigenvalue weighted by Gasteiger charge is -2.12. The van der Waals surface area contributed by atoms with E-state index >= 15 is 0 Å². The van der Waals surface area contributed by atoms with Gasteiger partial charge in [-0.2, -0.15) is 0 Å². The van der Waals surface area contributed by atoms with Crippen molar-refractivity contribution in [1.29, 1.82) is 0 Å². The predicted octanol–water partition coefficient (Wildman–Crippen LogP) is 3.00. The Morgan fingerprint density at radius 1 is 1.35 bits per heavy atom. The lowest BCUT2D eigenvalue weighted by Crippen LogP contribution is -2.22. The molecule has 0 aromatic heterocycles. The maximum Gasteiger partial charge on any atom is 0.122 e. The summed E-state index contributed by atoms with van der Waals surface area (Å²) in [4.78, 5) is 0. The molecule has 2 aliphatic rings. The minimum atomic E-state index is 0.155. The highest BCUT2D eigenvalue weighted by molar-refractivity contribution is 5.42. The molecule has 0 spiro atoms. The second kappa shape index (κ2) is 4.02. The van der Waals surface area contributed by atoms with Crippen LogP contribution in [0.1, 0.15) is 49.1 Å². The second-order valence-electron chi connectivity index (χ2n) is 5.71. The second-order valence-corrected chi connectivity index (χ2v) is 5.71. The van der Waals surface area contributed by atoms with Crippen molar-refractivity contribution in [3.63, 3.8) is 0 Å². The van der Waals surface area contributed by atoms with Gasteiger partial charge in [0.25, 0.3) is 0 Å². The van der Waals surface area contributed by atoms with Gasteiger partial charge in [0.1, 0.15) is 5.75 Å². The van der Waals surface area contributed by atoms with Gasteiger partial charge in [0, 0.05) is 5.54 Å². The Morgan fingerprint density at radius 3 is 2.71 bits per heavy atom. The molecule has 2 saturated carbocycles. The van der Waals surface area contributed by atoms with E-state index in [2.05, 4.69) is 18.2 Å². The molecule has 0 radical (unpaired) electrons. The first-order valence-corrected chi connectivity index (χ1v) is 6.66. The Morgan fingerprint density at radius 2 is 2.12 bits per heavy atom. The van der Waals surface area contributed by atoms with Crippen LogP contribution < -0.4 is 10.5 Å². The van der Waals surface area contributed by atoms with Gasteiger partial charge in [0.15, 0.2) is 0 Å². The molecule has 0 atom stereocenters. The van der Waals surface area contributed by atoms with Crippen LogP contribution in [0.3, 0.4) is 0 Å². The number of hydrogen-bond acceptors (Lipinski definition) is 2. The summed E-state index contributed by atoms with van der Waals surface area (Å²) in [6.07, 6.45) is 7.23. The van der Waals surface area contributed by atoms with Crippen molar-refractivity contribution < 1.29 is 4.74 Å². The fourth-order valence-electron chi connectivity index (χ4n) is 2.45. The van der Waals surface area contributed by atoms with Crippen molar-refractivity contribution in [2.75, 3.05) is 7.11 Å². The SMILES string of the molecule is COc1cc(CCC2(N)CC2)ccc1C1CC1. The number of nitrogens with two attached hydrogens (primary N) is 1. The van der Waals surface area contributed by atoms with Crippen LogP contribution in [-0.4, -0.2) is 12.6 Å². The van der Waals surface area contributed by atoms with Crippen molar-refractivity contribution in [3.8, 4) is 5.75 Å². The van der Waals surface area contributed by atoms with Crippen LogP contribution in [0, 0.1) is 0 Å². The average molecular weight is 231 g/mol. The number of ether oxygens (including phenoxy) is 1. The lowest BCUT2D eigenvalue weighted by atomic mass is 10.0. The highest BCUT2D eigenvalue weighted by Crippen LogP contribution is 2.44. The Hall–Kier alpha value is -1.02. The van der Waals surface area contributed by atoms with Crippen LogP contribution in [0.25, 0.3) is 0 Å². The number of rotatable bonds is 5. The van der Waals surface area contributed by atoms with Crippen LogP contribution in [0.2, 0.25) is 0 Å². The highest BCUT2D eigenvalue weighted by atomic mass is 16.5. The summed E-state index contributed by atoms with van der Waals surface area (Å²) in [7, 11) is 1.77. The van der Waals surface area contributed by atoms with Gasteiger partial charge in [-0.05, 0) is 61.6 Å². The Kier molecular flexibility index (Phi) is 2.62. The predicted molar refractivity (Wildman–Crippen MR) is 69.4 cm³/mol. The largest absolute Gasteiger partial charge is 0.496 e. The minimum Gasteiger partial charge on any atom is -0.496 e. The summed E-state index contributed by atoms with van der Waals surface area (Å²) in [5, 5.41) is 0. The fraction of sp³-hybridized carbons (Fsp3) is 0.600. The number of benzene rings is 1. The van der Waals surface area contributed by atoms with E-state index in [4.69, 9.17) is 10.5 Å². The third-order valence-corrected chi connectivity index (χ3v) is 4.12. The Labute approximate surface area is 103 Å². The van der Waals surface area contributed by atoms with Gasteiger partial charge < -0.3 is 10.5 Å². The molecule has 0 amide bonds. The molecule has 0 heterocycles. The minimum absolute atomic E-state index is 0.155. The molecule has 2 aliphatic carbocycles. The topological polar surface area (TPSA) is 35.2 Å². The van der Waals surface area contributed by atoms with Crippen LogP contribution in [-0.2, 0) is 6.42 Å². The lowest BCUT2D eigenvalue weighted by molar-refractivity contribution is 0.409. The van der Waals surface area contributed by atoms with Crippen LogP contribution >= 0.6 is 0 Å². The molecule has 0 aliphatic heterocycles. The third-order valence-electron chi connectivity index (χ3n) is 4.12. The summed E-state index contributed by atoms with van der Waals surface area (Å²) in [5.41, 5.74) is 9.03. The summed E-state index contributed by atoms with van der Waals surface area (Å²) >= 11 is 0. The zero-order valence-corrected chi connectivity index (χ0v) is 10.5. The average Bonchev–Trinajstić information content (AvgIpc) is 3.23. The third kappa shape index (κ3) is 2.47. The molecular weight excluding hydrogens is 210 g/mol. The van der Waals surface area contributed by atoms with E-state index in [9.17, 15) is 0 Å². The maximum absolute atomic E-state index is 6.12. The van der Waals surface area contributed by atoms with E-state index in [-0.39, 0.29) is 5.54 Å². The van der Waals surface area contributed by atoms with E-state index in [1.165, 1.54) is 36.8 Å². The molecule has 2 N–H and O–H groups in total. The molecular formula is C15H21NO. The van der Waals surface area contributed by atoms with Gasteiger partial charge in [0.05, 0.1) is 7.11 Å². The molecule has 2 heteroatoms. The summed E-state index contributed by atoms with van der Waals surface area (Å²) in [5.74, 6) is 1.83. The van der Waals surface area contributed by atoms with Gasteiger partial charge in [0.2, 0.25) is 0 Å². The molecule has 0 unspecified atom stereocenters.